The first kappa shape index (κ1) is 14.0. The summed E-state index contributed by atoms with van der Waals surface area (Å²) in [5.74, 6) is 0.533. The first-order valence-electron chi connectivity index (χ1n) is 6.62. The Kier molecular flexibility index (Phi) is 4.12. The number of rotatable bonds is 5. The van der Waals surface area contributed by atoms with Crippen molar-refractivity contribution in [3.8, 4) is 0 Å². The lowest BCUT2D eigenvalue weighted by Crippen LogP contribution is -2.34. The van der Waals surface area contributed by atoms with Crippen molar-refractivity contribution in [3.63, 3.8) is 0 Å². The second kappa shape index (κ2) is 5.30. The van der Waals surface area contributed by atoms with Gasteiger partial charge in [0.1, 0.15) is 5.82 Å². The summed E-state index contributed by atoms with van der Waals surface area (Å²) in [6, 6.07) is 5.74. The molecule has 0 aliphatic heterocycles. The minimum absolute atomic E-state index is 0.169. The van der Waals surface area contributed by atoms with Crippen molar-refractivity contribution in [1.29, 1.82) is 0 Å². The third-order valence-corrected chi connectivity index (χ3v) is 4.90. The highest BCUT2D eigenvalue weighted by Gasteiger charge is 2.49. The van der Waals surface area contributed by atoms with Crippen molar-refractivity contribution in [1.82, 2.24) is 5.32 Å². The topological polar surface area (TPSA) is 12.0 Å². The van der Waals surface area contributed by atoms with E-state index < -0.39 is 0 Å². The van der Waals surface area contributed by atoms with Crippen LogP contribution in [0, 0.1) is 17.2 Å². The van der Waals surface area contributed by atoms with Crippen molar-refractivity contribution in [2.45, 2.75) is 39.7 Å². The molecule has 18 heavy (non-hydrogen) atoms. The highest BCUT2D eigenvalue weighted by Crippen LogP contribution is 2.54. The molecule has 0 aromatic heterocycles. The van der Waals surface area contributed by atoms with Gasteiger partial charge in [-0.25, -0.2) is 4.39 Å². The predicted octanol–water partition coefficient (Wildman–Crippen LogP) is 4.15. The zero-order chi connectivity index (χ0) is 13.3. The predicted molar refractivity (Wildman–Crippen MR) is 77.2 cm³/mol. The summed E-state index contributed by atoms with van der Waals surface area (Å²) in [6.07, 6.45) is 2.15. The maximum atomic E-state index is 13.5. The molecule has 1 nitrogen and oxygen atoms in total. The van der Waals surface area contributed by atoms with Crippen molar-refractivity contribution in [2.24, 2.45) is 11.3 Å². The van der Waals surface area contributed by atoms with Crippen molar-refractivity contribution in [3.05, 3.63) is 34.1 Å². The highest BCUT2D eigenvalue weighted by molar-refractivity contribution is 9.10. The Hall–Kier alpha value is -0.410. The molecule has 3 heteroatoms. The lowest BCUT2D eigenvalue weighted by Gasteiger charge is -2.20. The molecule has 1 aliphatic carbocycles. The Morgan fingerprint density at radius 3 is 2.72 bits per heavy atom. The molecule has 0 radical (unpaired) electrons. The third kappa shape index (κ3) is 2.94. The summed E-state index contributed by atoms with van der Waals surface area (Å²) in [6.45, 7) is 7.71. The average molecular weight is 314 g/mol. The number of benzene rings is 1. The number of hydrogen-bond donors (Lipinski definition) is 1. The summed E-state index contributed by atoms with van der Waals surface area (Å²) >= 11 is 3.36. The molecule has 2 unspecified atom stereocenters. The summed E-state index contributed by atoms with van der Waals surface area (Å²) in [7, 11) is 0. The smallest absolute Gasteiger partial charge is 0.137 e. The molecule has 0 heterocycles. The standard InChI is InChI=1S/C15H21BrFN/c1-4-18-13(11-9-15(11,2)3)8-10-6-5-7-12(17)14(10)16/h5-7,11,13,18H,4,8-9H2,1-3H3. The van der Waals surface area contributed by atoms with Gasteiger partial charge in [-0.05, 0) is 58.3 Å². The van der Waals surface area contributed by atoms with Crippen LogP contribution in [0.4, 0.5) is 4.39 Å². The van der Waals surface area contributed by atoms with Gasteiger partial charge in [-0.1, -0.05) is 32.9 Å². The lowest BCUT2D eigenvalue weighted by atomic mass is 9.97. The molecule has 0 spiro atoms. The Labute approximate surface area is 117 Å². The Balaban J connectivity index is 2.12. The van der Waals surface area contributed by atoms with E-state index >= 15 is 0 Å². The van der Waals surface area contributed by atoms with E-state index in [4.69, 9.17) is 0 Å². The maximum absolute atomic E-state index is 13.5. The number of hydrogen-bond acceptors (Lipinski definition) is 1. The average Bonchev–Trinajstić information content (AvgIpc) is 2.93. The van der Waals surface area contributed by atoms with Crippen LogP contribution in [0.2, 0.25) is 0 Å². The van der Waals surface area contributed by atoms with Crippen molar-refractivity contribution in [2.75, 3.05) is 6.54 Å². The van der Waals surface area contributed by atoms with Crippen LogP contribution in [0.15, 0.2) is 22.7 Å². The fourth-order valence-corrected chi connectivity index (χ4v) is 3.18. The molecule has 1 saturated carbocycles. The number of halogens is 2. The molecule has 1 aromatic rings. The molecule has 0 bridgehead atoms. The van der Waals surface area contributed by atoms with Crippen molar-refractivity contribution < 1.29 is 4.39 Å². The zero-order valence-corrected chi connectivity index (χ0v) is 12.8. The Morgan fingerprint density at radius 1 is 1.50 bits per heavy atom. The largest absolute Gasteiger partial charge is 0.314 e. The molecule has 1 aromatic carbocycles. The van der Waals surface area contributed by atoms with Gasteiger partial charge in [-0.2, -0.15) is 0 Å². The van der Waals surface area contributed by atoms with Crippen molar-refractivity contribution >= 4 is 15.9 Å². The quantitative estimate of drug-likeness (QED) is 0.861. The zero-order valence-electron chi connectivity index (χ0n) is 11.3. The first-order chi connectivity index (χ1) is 8.45. The fraction of sp³-hybridized carbons (Fsp3) is 0.600. The van der Waals surface area contributed by atoms with E-state index in [1.54, 1.807) is 6.07 Å². The SMILES string of the molecule is CCNC(Cc1cccc(F)c1Br)C1CC1(C)C. The first-order valence-corrected chi connectivity index (χ1v) is 7.41. The molecule has 2 rings (SSSR count). The van der Waals surface area contributed by atoms with Crippen LogP contribution in [0.3, 0.4) is 0 Å². The summed E-state index contributed by atoms with van der Waals surface area (Å²) in [5, 5.41) is 3.55. The lowest BCUT2D eigenvalue weighted by molar-refractivity contribution is 0.408. The summed E-state index contributed by atoms with van der Waals surface area (Å²) in [5.41, 5.74) is 1.50. The monoisotopic (exact) mass is 313 g/mol. The molecule has 0 amide bonds. The van der Waals surface area contributed by atoms with Crippen LogP contribution in [0.25, 0.3) is 0 Å². The van der Waals surface area contributed by atoms with E-state index in [1.807, 2.05) is 6.07 Å². The van der Waals surface area contributed by atoms with Gasteiger partial charge < -0.3 is 5.32 Å². The van der Waals surface area contributed by atoms with Gasteiger partial charge >= 0.3 is 0 Å². The van der Waals surface area contributed by atoms with Gasteiger partial charge in [0.05, 0.1) is 4.47 Å². The highest BCUT2D eigenvalue weighted by atomic mass is 79.9. The fourth-order valence-electron chi connectivity index (χ4n) is 2.76. The summed E-state index contributed by atoms with van der Waals surface area (Å²) in [4.78, 5) is 0. The second-order valence-corrected chi connectivity index (χ2v) is 6.67. The maximum Gasteiger partial charge on any atom is 0.137 e. The van der Waals surface area contributed by atoms with E-state index in [9.17, 15) is 4.39 Å². The van der Waals surface area contributed by atoms with E-state index in [-0.39, 0.29) is 5.82 Å². The minimum atomic E-state index is -0.169. The molecule has 100 valence electrons. The summed E-state index contributed by atoms with van der Waals surface area (Å²) < 4.78 is 14.1. The molecular weight excluding hydrogens is 293 g/mol. The normalized spacial score (nSPS) is 22.8. The van der Waals surface area contributed by atoms with E-state index in [1.165, 1.54) is 12.5 Å². The van der Waals surface area contributed by atoms with Gasteiger partial charge in [0, 0.05) is 6.04 Å². The van der Waals surface area contributed by atoms with Crippen LogP contribution >= 0.6 is 15.9 Å². The molecular formula is C15H21BrFN. The molecule has 1 aliphatic rings. The Bertz CT molecular complexity index is 431. The molecule has 1 fully saturated rings. The van der Waals surface area contributed by atoms with Crippen LogP contribution in [-0.2, 0) is 6.42 Å². The molecule has 0 saturated heterocycles. The Morgan fingerprint density at radius 2 is 2.17 bits per heavy atom. The van der Waals surface area contributed by atoms with Gasteiger partial charge in [-0.3, -0.25) is 0 Å². The van der Waals surface area contributed by atoms with Crippen LogP contribution in [-0.4, -0.2) is 12.6 Å². The second-order valence-electron chi connectivity index (χ2n) is 5.88. The van der Waals surface area contributed by atoms with Crippen LogP contribution in [0.1, 0.15) is 32.8 Å². The third-order valence-electron chi connectivity index (χ3n) is 4.01. The van der Waals surface area contributed by atoms with Gasteiger partial charge in [-0.15, -0.1) is 0 Å². The number of nitrogens with one attached hydrogen (secondary N) is 1. The van der Waals surface area contributed by atoms with Gasteiger partial charge in [0.25, 0.3) is 0 Å². The van der Waals surface area contributed by atoms with Gasteiger partial charge in [0.15, 0.2) is 0 Å². The van der Waals surface area contributed by atoms with Crippen LogP contribution < -0.4 is 5.32 Å². The van der Waals surface area contributed by atoms with E-state index in [0.29, 0.717) is 21.8 Å². The van der Waals surface area contributed by atoms with E-state index in [2.05, 4.69) is 42.0 Å². The van der Waals surface area contributed by atoms with E-state index in [0.717, 1.165) is 18.5 Å². The molecule has 2 atom stereocenters. The van der Waals surface area contributed by atoms with Gasteiger partial charge in [0.2, 0.25) is 0 Å². The number of likely N-dealkylation sites (N-methyl/N-ethyl adjacent to an activating group) is 1. The molecule has 1 N–H and O–H groups in total. The minimum Gasteiger partial charge on any atom is -0.314 e. The van der Waals surface area contributed by atoms with Crippen LogP contribution in [0.5, 0.6) is 0 Å².